The van der Waals surface area contributed by atoms with Crippen LogP contribution in [0.5, 0.6) is 0 Å². The number of urea groups is 4. The predicted molar refractivity (Wildman–Crippen MR) is 576 cm³/mol. The van der Waals surface area contributed by atoms with Crippen LogP contribution in [0.4, 0.5) is 44.1 Å². The van der Waals surface area contributed by atoms with E-state index < -0.39 is 41.3 Å². The van der Waals surface area contributed by atoms with Crippen LogP contribution in [0.2, 0.25) is 0 Å². The van der Waals surface area contributed by atoms with Crippen molar-refractivity contribution in [2.45, 2.75) is 163 Å². The van der Waals surface area contributed by atoms with Gasteiger partial charge in [0.1, 0.15) is 30.1 Å². The van der Waals surface area contributed by atoms with E-state index in [4.69, 9.17) is 4.98 Å². The number of fused-ring (bicyclic) bond motifs is 4. The van der Waals surface area contributed by atoms with E-state index >= 15 is 0 Å². The van der Waals surface area contributed by atoms with Crippen molar-refractivity contribution in [2.75, 3.05) is 99.8 Å². The summed E-state index contributed by atoms with van der Waals surface area (Å²) < 4.78 is 17.3. The zero-order chi connectivity index (χ0) is 105. The van der Waals surface area contributed by atoms with Crippen LogP contribution in [0.15, 0.2) is 171 Å². The van der Waals surface area contributed by atoms with Crippen LogP contribution >= 0.6 is 45.3 Å². The maximum atomic E-state index is 13.7. The minimum absolute atomic E-state index is 0.252. The number of thiazole rings is 4. The normalized spacial score (nSPS) is 16.4. The number of hydrogen-bond acceptors (Lipinski definition) is 35. The number of amides is 8. The van der Waals surface area contributed by atoms with E-state index in [1.54, 1.807) is 109 Å². The number of benzene rings is 4. The summed E-state index contributed by atoms with van der Waals surface area (Å²) in [6, 6.07) is 30.7. The highest BCUT2D eigenvalue weighted by atomic mass is 32.1. The molecule has 16 aromatic rings. The third kappa shape index (κ3) is 27.0. The van der Waals surface area contributed by atoms with E-state index in [2.05, 4.69) is 149 Å². The molecule has 8 amide bonds. The van der Waals surface area contributed by atoms with Gasteiger partial charge >= 0.3 is 24.1 Å². The number of hydrogen-bond donors (Lipinski definition) is 15. The molecule has 0 radical (unpaired) electrons. The van der Waals surface area contributed by atoms with Gasteiger partial charge < -0.3 is 57.0 Å². The van der Waals surface area contributed by atoms with Gasteiger partial charge in [0.05, 0.1) is 80.9 Å². The Morgan fingerprint density at radius 3 is 0.946 bits per heavy atom. The van der Waals surface area contributed by atoms with E-state index in [0.717, 1.165) is 174 Å². The Kier molecular flexibility index (Phi) is 33.4. The van der Waals surface area contributed by atoms with Crippen LogP contribution in [-0.4, -0.2) is 261 Å². The van der Waals surface area contributed by atoms with E-state index in [1.807, 2.05) is 126 Å². The molecule has 4 fully saturated rings. The first-order valence-electron chi connectivity index (χ1n) is 49.0. The van der Waals surface area contributed by atoms with Crippen molar-refractivity contribution in [3.05, 3.63) is 217 Å². The number of pyridine rings is 4. The SMILES string of the molecule is CCNC(=O)Nc1nc2cc(-c3cnc(C(C)(C)O)nc3)cc(-c3cc(CN4CCC(C)(O)C4)ccn3)c2s1.CCNC(=O)Nc1nc2cc(-c3cnc(C(C)O)nc3)cc(-c3cc(CN4CC(C)(O)C4)ccn3)c2s1.CCNC(=O)Nc1nc2cc(-c3cnc(C(C)O)nc3)cc(-c3cc(CN4CC(O)C4)ccn3)c2s1.CCNC(=O)Nc1nc2cc(-c3cnc(C(C)O)nc3)cc(-c3cc(CN4CC[C@H](F)C4)ccn3)c2s1. The molecule has 0 spiro atoms. The monoisotopic (exact) mass is 2090 g/mol. The lowest BCUT2D eigenvalue weighted by molar-refractivity contribution is -0.0871. The van der Waals surface area contributed by atoms with Gasteiger partial charge in [-0.2, -0.15) is 0 Å². The van der Waals surface area contributed by atoms with Gasteiger partial charge in [0, 0.05) is 224 Å². The average molecular weight is 2090 g/mol. The molecule has 774 valence electrons. The highest BCUT2D eigenvalue weighted by molar-refractivity contribution is 7.24. The molecular weight excluding hydrogens is 1980 g/mol. The Balaban J connectivity index is 0.000000135. The Hall–Kier alpha value is -14.1. The van der Waals surface area contributed by atoms with Gasteiger partial charge in [-0.1, -0.05) is 45.3 Å². The fourth-order valence-electron chi connectivity index (χ4n) is 17.6. The van der Waals surface area contributed by atoms with Crippen molar-refractivity contribution in [1.82, 2.24) is 121 Å². The lowest BCUT2D eigenvalue weighted by Crippen LogP contribution is -2.59. The number of alkyl halides is 1. The molecule has 20 rings (SSSR count). The molecule has 5 atom stereocenters. The number of nitrogens with zero attached hydrogens (tertiary/aromatic N) is 20. The molecule has 4 aromatic carbocycles. The molecule has 12 aromatic heterocycles. The number of rotatable bonds is 28. The highest BCUT2D eigenvalue weighted by Crippen LogP contribution is 2.45. The molecule has 149 heavy (non-hydrogen) atoms. The van der Waals surface area contributed by atoms with Gasteiger partial charge in [0.15, 0.2) is 43.8 Å². The van der Waals surface area contributed by atoms with Crippen LogP contribution in [0, 0.1) is 0 Å². The minimum Gasteiger partial charge on any atom is -0.390 e. The Bertz CT molecular complexity index is 7470. The number of likely N-dealkylation sites (tertiary alicyclic amines) is 4. The number of carbonyl (C=O) groups excluding carboxylic acids is 4. The summed E-state index contributed by atoms with van der Waals surface area (Å²) >= 11 is 5.54. The van der Waals surface area contributed by atoms with Crippen molar-refractivity contribution in [2.24, 2.45) is 0 Å². The van der Waals surface area contributed by atoms with Crippen LogP contribution < -0.4 is 42.5 Å². The third-order valence-electron chi connectivity index (χ3n) is 24.7. The third-order valence-corrected chi connectivity index (χ3v) is 28.8. The smallest absolute Gasteiger partial charge is 0.321 e. The number of anilines is 4. The largest absolute Gasteiger partial charge is 0.390 e. The molecule has 4 aliphatic rings. The number of β-amino-alcohol motifs (C(OH)–C–C–N with tert-alkyl or cyclic N) is 3. The van der Waals surface area contributed by atoms with Gasteiger partial charge in [-0.05, 0) is 231 Å². The van der Waals surface area contributed by atoms with Gasteiger partial charge in [-0.15, -0.1) is 0 Å². The molecule has 4 aliphatic heterocycles. The van der Waals surface area contributed by atoms with Gasteiger partial charge in [0.25, 0.3) is 0 Å². The van der Waals surface area contributed by atoms with Crippen molar-refractivity contribution >= 4 is 131 Å². The quantitative estimate of drug-likeness (QED) is 0.0216. The molecule has 15 N–H and O–H groups in total. The zero-order valence-corrected chi connectivity index (χ0v) is 87.3. The molecular formula is C105H117FN28O11S4. The fraction of sp³-hybridized carbons (Fsp3) is 0.352. The van der Waals surface area contributed by atoms with Crippen molar-refractivity contribution in [3.8, 4) is 89.5 Å². The standard InChI is InChI=1S/C28H33N7O3S.C26H28FN7O2S.C26H29N7O3S.C25H27N7O3S/c1-5-29-25(36)34-26-33-22-12-18(19-13-31-24(32-14-19)27(2,3)37)11-20(23(22)39-26)21-10-17(6-8-30-21)15-35-9-7-28(4,38)16-35;1-3-28-25(36)33-26-32-22-10-17(18-11-30-24(15(2)35)31-12-18)9-20(23(22)37-26)21-8-16(4-6-29-21)13-34-7-5-19(27)14-34;1-4-27-24(35)32-25-31-21-9-17(18-10-29-23(15(2)34)30-11-18)8-19(22(21)37-25)20-7-16(5-6-28-20)12-33-13-26(3,36)14-33;1-3-26-24(35)31-25-30-21-8-16(17-9-28-23(14(2)33)29-10-17)7-19(22(21)36-25)20-6-15(4-5-27-20)11-32-12-18(34)13-32/h6,8,10-14,37-38H,5,7,9,15-16H2,1-4H3,(H2,29,33,34,36);4,6,8-12,15,19,35H,3,5,7,13-14H2,1-2H3,(H2,28,32,33,36);5-11,15,34,36H,4,12-14H2,1-3H3,(H2,27,31,32,35);4-10,14,18,33-34H,3,11-13H2,1-2H3,(H2,26,30,31,35)/t;15?,19-;;/m.0../s1. The van der Waals surface area contributed by atoms with E-state index in [0.29, 0.717) is 140 Å². The molecule has 4 unspecified atom stereocenters. The molecule has 44 heteroatoms. The number of halogens is 1. The summed E-state index contributed by atoms with van der Waals surface area (Å²) in [5.74, 6) is 1.39. The average Bonchev–Trinajstić information content (AvgIpc) is 1.66. The zero-order valence-electron chi connectivity index (χ0n) is 84.0. The Morgan fingerprint density at radius 2 is 0.685 bits per heavy atom. The van der Waals surface area contributed by atoms with E-state index in [1.165, 1.54) is 45.3 Å². The van der Waals surface area contributed by atoms with Crippen LogP contribution in [-0.2, 0) is 31.8 Å². The van der Waals surface area contributed by atoms with E-state index in [9.17, 15) is 59.3 Å². The number of nitrogens with one attached hydrogen (secondary N) is 8. The number of carbonyl (C=O) groups is 4. The van der Waals surface area contributed by atoms with Gasteiger partial charge in [-0.3, -0.25) is 60.8 Å². The summed E-state index contributed by atoms with van der Waals surface area (Å²) in [5, 5.41) is 93.7. The van der Waals surface area contributed by atoms with E-state index in [-0.39, 0.29) is 30.2 Å². The molecule has 39 nitrogen and oxygen atoms in total. The second kappa shape index (κ2) is 46.8. The molecule has 4 saturated heterocycles. The first-order chi connectivity index (χ1) is 71.5. The summed E-state index contributed by atoms with van der Waals surface area (Å²) in [6.07, 6.45) is 18.6. The number of aliphatic hydroxyl groups is 7. The highest BCUT2D eigenvalue weighted by Gasteiger charge is 2.37. The lowest BCUT2D eigenvalue weighted by Gasteiger charge is -2.44. The van der Waals surface area contributed by atoms with Gasteiger partial charge in [0.2, 0.25) is 0 Å². The maximum Gasteiger partial charge on any atom is 0.321 e. The number of aliphatic hydroxyl groups excluding tert-OH is 4. The molecule has 0 aliphatic carbocycles. The van der Waals surface area contributed by atoms with Crippen LogP contribution in [0.25, 0.3) is 130 Å². The minimum atomic E-state index is -1.14. The Morgan fingerprint density at radius 1 is 0.396 bits per heavy atom. The number of aromatic nitrogens is 16. The first-order valence-corrected chi connectivity index (χ1v) is 52.3. The fourth-order valence-corrected chi connectivity index (χ4v) is 21.5. The maximum absolute atomic E-state index is 13.7. The second-order valence-corrected chi connectivity index (χ2v) is 42.1. The van der Waals surface area contributed by atoms with Gasteiger partial charge in [-0.25, -0.2) is 83.4 Å². The summed E-state index contributed by atoms with van der Waals surface area (Å²) in [6.45, 7) is 29.4. The first kappa shape index (κ1) is 106. The topological polar surface area (TPSA) is 525 Å². The predicted octanol–water partition coefficient (Wildman–Crippen LogP) is 15.5. The summed E-state index contributed by atoms with van der Waals surface area (Å²) in [7, 11) is 0. The van der Waals surface area contributed by atoms with Crippen molar-refractivity contribution < 1.29 is 59.3 Å². The molecule has 0 bridgehead atoms. The molecule has 16 heterocycles. The summed E-state index contributed by atoms with van der Waals surface area (Å²) in [4.78, 5) is 129. The second-order valence-electron chi connectivity index (χ2n) is 38.1. The van der Waals surface area contributed by atoms with Crippen molar-refractivity contribution in [3.63, 3.8) is 0 Å². The Labute approximate surface area is 874 Å². The van der Waals surface area contributed by atoms with Crippen LogP contribution in [0.3, 0.4) is 0 Å². The molecule has 0 saturated carbocycles. The summed E-state index contributed by atoms with van der Waals surface area (Å²) in [5.41, 5.74) is 17.9. The lowest BCUT2D eigenvalue weighted by atomic mass is 9.96. The van der Waals surface area contributed by atoms with Crippen LogP contribution in [0.1, 0.15) is 153 Å². The van der Waals surface area contributed by atoms with Crippen molar-refractivity contribution in [1.29, 1.82) is 0 Å².